The molecule has 0 amide bonds. The van der Waals surface area contributed by atoms with Crippen molar-refractivity contribution in [2.24, 2.45) is 0 Å². The average Bonchev–Trinajstić information content (AvgIpc) is 2.24. The molecular formula is C11H16N2O2S. The maximum atomic E-state index is 12.3. The molecule has 1 aromatic carbocycles. The molecular weight excluding hydrogens is 224 g/mol. The van der Waals surface area contributed by atoms with Crippen molar-refractivity contribution in [2.45, 2.75) is 17.9 Å². The fraction of sp³-hybridized carbons (Fsp3) is 0.455. The van der Waals surface area contributed by atoms with Crippen molar-refractivity contribution in [1.29, 1.82) is 0 Å². The van der Waals surface area contributed by atoms with Gasteiger partial charge >= 0.3 is 0 Å². The number of rotatable bonds is 4. The second kappa shape index (κ2) is 4.53. The summed E-state index contributed by atoms with van der Waals surface area (Å²) in [5.74, 6) is 0. The lowest BCUT2D eigenvalue weighted by Gasteiger charge is -2.36. The molecule has 0 aliphatic carbocycles. The first-order valence-electron chi connectivity index (χ1n) is 5.44. The summed E-state index contributed by atoms with van der Waals surface area (Å²) in [6.45, 7) is 3.89. The van der Waals surface area contributed by atoms with Crippen LogP contribution in [-0.2, 0) is 10.0 Å². The van der Waals surface area contributed by atoms with Crippen LogP contribution in [0, 0.1) is 0 Å². The highest BCUT2D eigenvalue weighted by molar-refractivity contribution is 7.89. The van der Waals surface area contributed by atoms with Gasteiger partial charge in [0.25, 0.3) is 0 Å². The van der Waals surface area contributed by atoms with Crippen LogP contribution in [0.25, 0.3) is 0 Å². The zero-order valence-electron chi connectivity index (χ0n) is 9.26. The molecule has 5 heteroatoms. The van der Waals surface area contributed by atoms with Gasteiger partial charge in [-0.2, -0.15) is 4.31 Å². The Morgan fingerprint density at radius 3 is 2.38 bits per heavy atom. The molecule has 1 aromatic rings. The van der Waals surface area contributed by atoms with E-state index >= 15 is 0 Å². The van der Waals surface area contributed by atoms with Gasteiger partial charge in [-0.15, -0.1) is 0 Å². The van der Waals surface area contributed by atoms with Crippen LogP contribution >= 0.6 is 0 Å². The fourth-order valence-corrected chi connectivity index (χ4v) is 3.48. The van der Waals surface area contributed by atoms with Gasteiger partial charge in [-0.05, 0) is 12.1 Å². The van der Waals surface area contributed by atoms with Crippen molar-refractivity contribution in [3.63, 3.8) is 0 Å². The van der Waals surface area contributed by atoms with Gasteiger partial charge in [-0.3, -0.25) is 0 Å². The molecule has 4 nitrogen and oxygen atoms in total. The maximum absolute atomic E-state index is 12.3. The van der Waals surface area contributed by atoms with E-state index in [2.05, 4.69) is 5.32 Å². The minimum Gasteiger partial charge on any atom is -0.313 e. The molecule has 0 saturated carbocycles. The quantitative estimate of drug-likeness (QED) is 0.841. The molecule has 0 atom stereocenters. The van der Waals surface area contributed by atoms with Gasteiger partial charge in [0, 0.05) is 25.7 Å². The summed E-state index contributed by atoms with van der Waals surface area (Å²) in [5, 5.41) is 3.09. The number of hydrogen-bond donors (Lipinski definition) is 1. The number of sulfonamides is 1. The normalized spacial score (nSPS) is 17.4. The third-order valence-corrected chi connectivity index (χ3v) is 4.87. The summed E-state index contributed by atoms with van der Waals surface area (Å²) < 4.78 is 26.2. The van der Waals surface area contributed by atoms with Crippen LogP contribution in [0.2, 0.25) is 0 Å². The van der Waals surface area contributed by atoms with Crippen molar-refractivity contribution in [3.05, 3.63) is 30.3 Å². The van der Waals surface area contributed by atoms with E-state index < -0.39 is 10.0 Å². The molecule has 1 saturated heterocycles. The minimum atomic E-state index is -3.32. The van der Waals surface area contributed by atoms with Gasteiger partial charge in [0.15, 0.2) is 0 Å². The predicted octanol–water partition coefficient (Wildman–Crippen LogP) is 0.669. The highest BCUT2D eigenvalue weighted by Crippen LogP contribution is 2.19. The SMILES string of the molecule is CCN(C1CNC1)S(=O)(=O)c1ccccc1. The lowest BCUT2D eigenvalue weighted by molar-refractivity contribution is 0.249. The van der Waals surface area contributed by atoms with E-state index in [4.69, 9.17) is 0 Å². The summed E-state index contributed by atoms with van der Waals surface area (Å²) in [6, 6.07) is 8.71. The second-order valence-corrected chi connectivity index (χ2v) is 5.72. The van der Waals surface area contributed by atoms with Gasteiger partial charge in [0.2, 0.25) is 10.0 Å². The van der Waals surface area contributed by atoms with E-state index in [1.54, 1.807) is 28.6 Å². The van der Waals surface area contributed by atoms with Crippen LogP contribution < -0.4 is 5.32 Å². The zero-order chi connectivity index (χ0) is 11.6. The Balaban J connectivity index is 2.30. The van der Waals surface area contributed by atoms with E-state index in [0.717, 1.165) is 13.1 Å². The van der Waals surface area contributed by atoms with E-state index in [1.165, 1.54) is 0 Å². The van der Waals surface area contributed by atoms with Crippen LogP contribution in [-0.4, -0.2) is 38.4 Å². The molecule has 1 aliphatic rings. The van der Waals surface area contributed by atoms with Crippen molar-refractivity contribution in [1.82, 2.24) is 9.62 Å². The molecule has 16 heavy (non-hydrogen) atoms. The molecule has 0 radical (unpaired) electrons. The van der Waals surface area contributed by atoms with Gasteiger partial charge < -0.3 is 5.32 Å². The van der Waals surface area contributed by atoms with Gasteiger partial charge in [-0.25, -0.2) is 8.42 Å². The lowest BCUT2D eigenvalue weighted by Crippen LogP contribution is -2.58. The van der Waals surface area contributed by atoms with Crippen LogP contribution in [0.5, 0.6) is 0 Å². The summed E-state index contributed by atoms with van der Waals surface area (Å²) in [4.78, 5) is 0.378. The molecule has 1 aliphatic heterocycles. The Bertz CT molecular complexity index is 440. The molecule has 1 N–H and O–H groups in total. The Morgan fingerprint density at radius 1 is 1.31 bits per heavy atom. The molecule has 88 valence electrons. The Hall–Kier alpha value is -0.910. The second-order valence-electron chi connectivity index (χ2n) is 3.83. The number of nitrogens with one attached hydrogen (secondary N) is 1. The first-order valence-corrected chi connectivity index (χ1v) is 6.88. The van der Waals surface area contributed by atoms with E-state index in [9.17, 15) is 8.42 Å². The molecule has 1 fully saturated rings. The van der Waals surface area contributed by atoms with Gasteiger partial charge in [-0.1, -0.05) is 25.1 Å². The number of nitrogens with zero attached hydrogens (tertiary/aromatic N) is 1. The van der Waals surface area contributed by atoms with Gasteiger partial charge in [0.05, 0.1) is 4.90 Å². The third-order valence-electron chi connectivity index (χ3n) is 2.83. The van der Waals surface area contributed by atoms with Crippen molar-refractivity contribution in [3.8, 4) is 0 Å². The standard InChI is InChI=1S/C11H16N2O2S/c1-2-13(10-8-12-9-10)16(14,15)11-6-4-3-5-7-11/h3-7,10,12H,2,8-9H2,1H3. The Morgan fingerprint density at radius 2 is 1.94 bits per heavy atom. The molecule has 0 aromatic heterocycles. The topological polar surface area (TPSA) is 49.4 Å². The van der Waals surface area contributed by atoms with Gasteiger partial charge in [0.1, 0.15) is 0 Å². The van der Waals surface area contributed by atoms with Crippen LogP contribution in [0.3, 0.4) is 0 Å². The summed E-state index contributed by atoms with van der Waals surface area (Å²) in [6.07, 6.45) is 0. The molecule has 1 heterocycles. The monoisotopic (exact) mass is 240 g/mol. The summed E-state index contributed by atoms with van der Waals surface area (Å²) in [5.41, 5.74) is 0. The van der Waals surface area contributed by atoms with Crippen molar-refractivity contribution >= 4 is 10.0 Å². The van der Waals surface area contributed by atoms with Crippen molar-refractivity contribution < 1.29 is 8.42 Å². The Kier molecular flexibility index (Phi) is 3.28. The van der Waals surface area contributed by atoms with Crippen LogP contribution in [0.15, 0.2) is 35.2 Å². The first-order chi connectivity index (χ1) is 7.66. The maximum Gasteiger partial charge on any atom is 0.243 e. The molecule has 0 spiro atoms. The van der Waals surface area contributed by atoms with E-state index in [0.29, 0.717) is 11.4 Å². The highest BCUT2D eigenvalue weighted by atomic mass is 32.2. The molecule has 0 unspecified atom stereocenters. The first kappa shape index (κ1) is 11.6. The zero-order valence-corrected chi connectivity index (χ0v) is 10.1. The lowest BCUT2D eigenvalue weighted by atomic mass is 10.2. The van der Waals surface area contributed by atoms with E-state index in [-0.39, 0.29) is 6.04 Å². The van der Waals surface area contributed by atoms with Crippen LogP contribution in [0.1, 0.15) is 6.92 Å². The molecule has 2 rings (SSSR count). The predicted molar refractivity (Wildman–Crippen MR) is 62.7 cm³/mol. The third kappa shape index (κ3) is 1.98. The largest absolute Gasteiger partial charge is 0.313 e. The average molecular weight is 240 g/mol. The smallest absolute Gasteiger partial charge is 0.243 e. The fourth-order valence-electron chi connectivity index (χ4n) is 1.83. The highest BCUT2D eigenvalue weighted by Gasteiger charge is 2.33. The van der Waals surface area contributed by atoms with Crippen LogP contribution in [0.4, 0.5) is 0 Å². The summed E-state index contributed by atoms with van der Waals surface area (Å²) >= 11 is 0. The Labute approximate surface area is 96.3 Å². The number of likely N-dealkylation sites (N-methyl/N-ethyl adjacent to an activating group) is 1. The molecule has 0 bridgehead atoms. The van der Waals surface area contributed by atoms with E-state index in [1.807, 2.05) is 13.0 Å². The van der Waals surface area contributed by atoms with Crippen molar-refractivity contribution in [2.75, 3.05) is 19.6 Å². The minimum absolute atomic E-state index is 0.107. The summed E-state index contributed by atoms with van der Waals surface area (Å²) in [7, 11) is -3.32. The number of benzene rings is 1. The number of hydrogen-bond acceptors (Lipinski definition) is 3.